The van der Waals surface area contributed by atoms with E-state index in [2.05, 4.69) is 0 Å². The van der Waals surface area contributed by atoms with Gasteiger partial charge in [0.2, 0.25) is 0 Å². The molecule has 0 amide bonds. The molecule has 0 bridgehead atoms. The summed E-state index contributed by atoms with van der Waals surface area (Å²) < 4.78 is 24.7. The van der Waals surface area contributed by atoms with Gasteiger partial charge in [-0.15, -0.1) is 0 Å². The van der Waals surface area contributed by atoms with Crippen molar-refractivity contribution in [2.24, 2.45) is 5.92 Å². The van der Waals surface area contributed by atoms with Gasteiger partial charge in [0.05, 0.1) is 13.0 Å². The van der Waals surface area contributed by atoms with Crippen molar-refractivity contribution in [3.8, 4) is 17.2 Å². The van der Waals surface area contributed by atoms with Crippen LogP contribution in [-0.4, -0.2) is 18.7 Å². The lowest BCUT2D eigenvalue weighted by Gasteiger charge is -2.32. The molecule has 3 aromatic rings. The molecule has 146 valence electrons. The van der Waals surface area contributed by atoms with Crippen molar-refractivity contribution < 1.29 is 23.5 Å². The molecule has 0 aromatic heterocycles. The second-order valence-corrected chi connectivity index (χ2v) is 6.98. The number of para-hydroxylation sites is 1. The van der Waals surface area contributed by atoms with Gasteiger partial charge in [0.15, 0.2) is 5.78 Å². The van der Waals surface area contributed by atoms with E-state index in [0.717, 1.165) is 5.56 Å². The van der Waals surface area contributed by atoms with Crippen LogP contribution in [0.4, 0.5) is 4.39 Å². The average Bonchev–Trinajstić information content (AvgIpc) is 2.73. The molecule has 4 nitrogen and oxygen atoms in total. The first-order valence-electron chi connectivity index (χ1n) is 9.24. The van der Waals surface area contributed by atoms with E-state index < -0.39 is 17.7 Å². The van der Waals surface area contributed by atoms with Gasteiger partial charge in [0, 0.05) is 22.6 Å². The molecule has 0 radical (unpaired) electrons. The monoisotopic (exact) mass is 390 g/mol. The number of hydrogen-bond acceptors (Lipinski definition) is 4. The summed E-state index contributed by atoms with van der Waals surface area (Å²) in [6.07, 6.45) is 0. The molecule has 0 fully saturated rings. The number of Topliss-reactive ketones (excluding diaryl/α,β-unsaturated/α-hetero) is 2. The van der Waals surface area contributed by atoms with Crippen molar-refractivity contribution >= 4 is 11.6 Å². The molecule has 1 aliphatic heterocycles. The highest BCUT2D eigenvalue weighted by Gasteiger charge is 2.40. The van der Waals surface area contributed by atoms with E-state index >= 15 is 0 Å². The molecule has 0 aliphatic carbocycles. The molecule has 0 unspecified atom stereocenters. The molecule has 1 aliphatic rings. The fraction of sp³-hybridized carbons (Fsp3) is 0.167. The van der Waals surface area contributed by atoms with Crippen LogP contribution in [-0.2, 0) is 4.79 Å². The summed E-state index contributed by atoms with van der Waals surface area (Å²) in [5.41, 5.74) is 1.75. The first-order chi connectivity index (χ1) is 14.0. The average molecular weight is 390 g/mol. The first-order valence-corrected chi connectivity index (χ1v) is 9.24. The summed E-state index contributed by atoms with van der Waals surface area (Å²) in [7, 11) is 1.56. The summed E-state index contributed by atoms with van der Waals surface area (Å²) in [5.74, 6) is -0.791. The van der Waals surface area contributed by atoms with Crippen LogP contribution in [0.5, 0.6) is 17.2 Å². The normalized spacial score (nSPS) is 15.5. The topological polar surface area (TPSA) is 52.6 Å². The third-order valence-corrected chi connectivity index (χ3v) is 5.21. The van der Waals surface area contributed by atoms with Crippen LogP contribution in [0.3, 0.4) is 0 Å². The number of methoxy groups -OCH3 is 1. The van der Waals surface area contributed by atoms with Crippen LogP contribution >= 0.6 is 0 Å². The molecule has 0 saturated heterocycles. The van der Waals surface area contributed by atoms with Gasteiger partial charge in [0.25, 0.3) is 0 Å². The van der Waals surface area contributed by atoms with E-state index in [1.165, 1.54) is 31.2 Å². The van der Waals surface area contributed by atoms with Gasteiger partial charge in [-0.2, -0.15) is 0 Å². The molecular weight excluding hydrogens is 371 g/mol. The molecule has 3 aromatic carbocycles. The van der Waals surface area contributed by atoms with Crippen molar-refractivity contribution in [2.75, 3.05) is 7.11 Å². The van der Waals surface area contributed by atoms with Crippen LogP contribution in [0.1, 0.15) is 34.3 Å². The van der Waals surface area contributed by atoms with Gasteiger partial charge in [-0.3, -0.25) is 9.59 Å². The Kier molecular flexibility index (Phi) is 4.89. The summed E-state index contributed by atoms with van der Waals surface area (Å²) in [6, 6.07) is 18.0. The number of benzene rings is 3. The Morgan fingerprint density at radius 1 is 0.966 bits per heavy atom. The van der Waals surface area contributed by atoms with Gasteiger partial charge in [-0.05, 0) is 55.5 Å². The second kappa shape index (κ2) is 7.51. The summed E-state index contributed by atoms with van der Waals surface area (Å²) in [5, 5.41) is 0. The molecule has 0 N–H and O–H groups in total. The molecule has 4 rings (SSSR count). The van der Waals surface area contributed by atoms with Crippen LogP contribution in [0, 0.1) is 11.7 Å². The van der Waals surface area contributed by atoms with Crippen LogP contribution in [0.15, 0.2) is 66.7 Å². The fourth-order valence-corrected chi connectivity index (χ4v) is 3.83. The highest BCUT2D eigenvalue weighted by atomic mass is 19.1. The van der Waals surface area contributed by atoms with Crippen molar-refractivity contribution in [2.45, 2.75) is 12.8 Å². The number of rotatable bonds is 5. The molecule has 29 heavy (non-hydrogen) atoms. The first kappa shape index (κ1) is 18.9. The van der Waals surface area contributed by atoms with Crippen molar-refractivity contribution in [3.05, 3.63) is 89.2 Å². The quantitative estimate of drug-likeness (QED) is 0.446. The van der Waals surface area contributed by atoms with Gasteiger partial charge in [-0.25, -0.2) is 4.39 Å². The molecule has 5 heteroatoms. The zero-order chi connectivity index (χ0) is 20.5. The highest BCUT2D eigenvalue weighted by molar-refractivity contribution is 6.11. The summed E-state index contributed by atoms with van der Waals surface area (Å²) >= 11 is 0. The van der Waals surface area contributed by atoms with Gasteiger partial charge in [-0.1, -0.05) is 18.2 Å². The predicted molar refractivity (Wildman–Crippen MR) is 106 cm³/mol. The van der Waals surface area contributed by atoms with E-state index in [1.54, 1.807) is 25.3 Å². The number of hydrogen-bond donors (Lipinski definition) is 0. The number of ether oxygens (including phenoxy) is 2. The van der Waals surface area contributed by atoms with E-state index in [9.17, 15) is 14.0 Å². The van der Waals surface area contributed by atoms with E-state index in [-0.39, 0.29) is 11.6 Å². The Labute approximate surface area is 167 Å². The van der Waals surface area contributed by atoms with Crippen LogP contribution < -0.4 is 9.47 Å². The Morgan fingerprint density at radius 3 is 2.34 bits per heavy atom. The lowest BCUT2D eigenvalue weighted by atomic mass is 9.74. The predicted octanol–water partition coefficient (Wildman–Crippen LogP) is 5.16. The van der Waals surface area contributed by atoms with Crippen LogP contribution in [0.25, 0.3) is 0 Å². The Bertz CT molecular complexity index is 1090. The van der Waals surface area contributed by atoms with E-state index in [1.807, 2.05) is 24.3 Å². The zero-order valence-corrected chi connectivity index (χ0v) is 16.0. The number of halogens is 1. The summed E-state index contributed by atoms with van der Waals surface area (Å²) in [4.78, 5) is 26.1. The van der Waals surface area contributed by atoms with E-state index in [4.69, 9.17) is 9.47 Å². The molecular formula is C24H19FO4. The standard InChI is InChI=1S/C24H19FO4/c1-14(26)22(24(27)15-7-9-16(25)10-8-15)23-18-5-3-4-6-20(18)29-21-12-11-17(28-2)13-19(21)23/h3-13,22-23H,1-2H3/t22-,23-/m1/s1. The maximum Gasteiger partial charge on any atom is 0.174 e. The summed E-state index contributed by atoms with van der Waals surface area (Å²) in [6.45, 7) is 1.41. The smallest absolute Gasteiger partial charge is 0.174 e. The van der Waals surface area contributed by atoms with E-state index in [0.29, 0.717) is 28.4 Å². The number of carbonyl (C=O) groups excluding carboxylic acids is 2. The number of ketones is 2. The maximum atomic E-state index is 13.4. The largest absolute Gasteiger partial charge is 0.497 e. The minimum atomic E-state index is -0.976. The Balaban J connectivity index is 1.89. The fourth-order valence-electron chi connectivity index (χ4n) is 3.83. The van der Waals surface area contributed by atoms with Gasteiger partial charge < -0.3 is 9.47 Å². The molecule has 2 atom stereocenters. The SMILES string of the molecule is COc1ccc2c(c1)[C@H]([C@@H](C(C)=O)C(=O)c1ccc(F)cc1)c1ccccc1O2. The van der Waals surface area contributed by atoms with Gasteiger partial charge in [0.1, 0.15) is 28.8 Å². The lowest BCUT2D eigenvalue weighted by Crippen LogP contribution is -2.31. The van der Waals surface area contributed by atoms with Crippen LogP contribution in [0.2, 0.25) is 0 Å². The highest BCUT2D eigenvalue weighted by Crippen LogP contribution is 2.49. The third kappa shape index (κ3) is 3.40. The molecule has 0 saturated carbocycles. The van der Waals surface area contributed by atoms with Gasteiger partial charge >= 0.3 is 0 Å². The minimum Gasteiger partial charge on any atom is -0.497 e. The zero-order valence-electron chi connectivity index (χ0n) is 16.0. The van der Waals surface area contributed by atoms with Crippen molar-refractivity contribution in [1.29, 1.82) is 0 Å². The maximum absolute atomic E-state index is 13.4. The number of fused-ring (bicyclic) bond motifs is 2. The van der Waals surface area contributed by atoms with Crippen molar-refractivity contribution in [1.82, 2.24) is 0 Å². The molecule has 0 spiro atoms. The number of carbonyl (C=O) groups is 2. The second-order valence-electron chi connectivity index (χ2n) is 6.98. The van der Waals surface area contributed by atoms with Crippen molar-refractivity contribution in [3.63, 3.8) is 0 Å². The lowest BCUT2D eigenvalue weighted by molar-refractivity contribution is -0.119. The Morgan fingerprint density at radius 2 is 1.66 bits per heavy atom. The Hall–Kier alpha value is -3.47. The third-order valence-electron chi connectivity index (χ3n) is 5.21. The molecule has 1 heterocycles. The minimum absolute atomic E-state index is 0.269.